The molecule has 1 fully saturated rings. The van der Waals surface area contributed by atoms with E-state index in [4.69, 9.17) is 0 Å². The molecule has 1 saturated heterocycles. The summed E-state index contributed by atoms with van der Waals surface area (Å²) < 4.78 is 0. The van der Waals surface area contributed by atoms with Crippen LogP contribution in [0.4, 0.5) is 0 Å². The summed E-state index contributed by atoms with van der Waals surface area (Å²) in [6, 6.07) is 1.24. The monoisotopic (exact) mass is 141 g/mol. The van der Waals surface area contributed by atoms with Gasteiger partial charge in [0.2, 0.25) is 0 Å². The molecule has 0 aromatic heterocycles. The van der Waals surface area contributed by atoms with Crippen molar-refractivity contribution in [1.29, 1.82) is 0 Å². The van der Waals surface area contributed by atoms with E-state index in [1.807, 2.05) is 0 Å². The van der Waals surface area contributed by atoms with Crippen LogP contribution in [0.5, 0.6) is 0 Å². The zero-order valence-corrected chi connectivity index (χ0v) is 6.93. The van der Waals surface area contributed by atoms with Crippen molar-refractivity contribution in [3.63, 3.8) is 0 Å². The Morgan fingerprint density at radius 1 is 1.40 bits per heavy atom. The predicted octanol–water partition coefficient (Wildman–Crippen LogP) is 0.751. The molecule has 2 atom stereocenters. The summed E-state index contributed by atoms with van der Waals surface area (Å²) in [5, 5.41) is 8.01. The van der Waals surface area contributed by atoms with Gasteiger partial charge in [0.05, 0.1) is 0 Å². The van der Waals surface area contributed by atoms with Crippen LogP contribution in [0.25, 0.3) is 0 Å². The molecule has 1 aliphatic heterocycles. The van der Waals surface area contributed by atoms with Crippen molar-refractivity contribution in [1.82, 2.24) is 10.6 Å². The summed E-state index contributed by atoms with van der Waals surface area (Å²) in [6.45, 7) is 6.52. The Hall–Kier alpha value is -0.0800. The Morgan fingerprint density at radius 3 is 2.60 bits per heavy atom. The SMILES string of the molecule is CCC1CNC(CC)C[N]1. The van der Waals surface area contributed by atoms with E-state index in [2.05, 4.69) is 24.5 Å². The smallest absolute Gasteiger partial charge is 0.0368 e. The molecular weight excluding hydrogens is 124 g/mol. The summed E-state index contributed by atoms with van der Waals surface area (Å²) in [6.07, 6.45) is 2.39. The fourth-order valence-electron chi connectivity index (χ4n) is 1.25. The fraction of sp³-hybridized carbons (Fsp3) is 1.00. The Balaban J connectivity index is 2.17. The molecule has 0 aliphatic carbocycles. The molecule has 1 rings (SSSR count). The lowest BCUT2D eigenvalue weighted by molar-refractivity contribution is 0.328. The van der Waals surface area contributed by atoms with Crippen molar-refractivity contribution in [3.05, 3.63) is 0 Å². The zero-order valence-electron chi connectivity index (χ0n) is 6.93. The van der Waals surface area contributed by atoms with Crippen molar-refractivity contribution >= 4 is 0 Å². The van der Waals surface area contributed by atoms with Crippen molar-refractivity contribution in [2.24, 2.45) is 0 Å². The molecular formula is C8H17N2. The zero-order chi connectivity index (χ0) is 7.40. The number of nitrogens with one attached hydrogen (secondary N) is 1. The maximum absolute atomic E-state index is 4.54. The molecule has 59 valence electrons. The topological polar surface area (TPSA) is 26.1 Å². The molecule has 0 saturated carbocycles. The maximum atomic E-state index is 4.54. The van der Waals surface area contributed by atoms with Crippen molar-refractivity contribution in [3.8, 4) is 0 Å². The Labute approximate surface area is 63.4 Å². The summed E-state index contributed by atoms with van der Waals surface area (Å²) >= 11 is 0. The molecule has 0 aromatic rings. The second kappa shape index (κ2) is 3.94. The van der Waals surface area contributed by atoms with Gasteiger partial charge in [-0.25, -0.2) is 5.32 Å². The second-order valence-corrected chi connectivity index (χ2v) is 2.94. The molecule has 1 N–H and O–H groups in total. The van der Waals surface area contributed by atoms with E-state index >= 15 is 0 Å². The third kappa shape index (κ3) is 1.96. The van der Waals surface area contributed by atoms with Crippen LogP contribution in [0.3, 0.4) is 0 Å². The van der Waals surface area contributed by atoms with Crippen LogP contribution < -0.4 is 10.6 Å². The van der Waals surface area contributed by atoms with E-state index in [1.54, 1.807) is 0 Å². The van der Waals surface area contributed by atoms with Gasteiger partial charge in [0.1, 0.15) is 0 Å². The van der Waals surface area contributed by atoms with E-state index in [0.29, 0.717) is 12.1 Å². The van der Waals surface area contributed by atoms with Crippen molar-refractivity contribution in [2.45, 2.75) is 38.8 Å². The standard InChI is InChI=1S/C8H17N2/c1-3-7-5-10-8(4-2)6-9-7/h7-9H,3-6H2,1-2H3. The highest BCUT2D eigenvalue weighted by Gasteiger charge is 2.17. The average molecular weight is 141 g/mol. The number of hydrogen-bond acceptors (Lipinski definition) is 1. The maximum Gasteiger partial charge on any atom is 0.0368 e. The molecule has 1 heterocycles. The van der Waals surface area contributed by atoms with Crippen LogP contribution in [0.2, 0.25) is 0 Å². The highest BCUT2D eigenvalue weighted by molar-refractivity contribution is 4.80. The van der Waals surface area contributed by atoms with Crippen LogP contribution in [0.15, 0.2) is 0 Å². The Kier molecular flexibility index (Phi) is 3.16. The molecule has 2 nitrogen and oxygen atoms in total. The van der Waals surface area contributed by atoms with Gasteiger partial charge < -0.3 is 5.32 Å². The minimum absolute atomic E-state index is 0.586. The second-order valence-electron chi connectivity index (χ2n) is 2.94. The number of nitrogens with zero attached hydrogens (tertiary/aromatic N) is 1. The van der Waals surface area contributed by atoms with Gasteiger partial charge in [0.25, 0.3) is 0 Å². The highest BCUT2D eigenvalue weighted by Crippen LogP contribution is 2.01. The lowest BCUT2D eigenvalue weighted by atomic mass is 10.1. The first-order chi connectivity index (χ1) is 4.86. The average Bonchev–Trinajstić information content (AvgIpc) is 2.05. The van der Waals surface area contributed by atoms with Gasteiger partial charge in [-0.05, 0) is 12.8 Å². The molecule has 0 aromatic carbocycles. The predicted molar refractivity (Wildman–Crippen MR) is 43.2 cm³/mol. The van der Waals surface area contributed by atoms with Gasteiger partial charge in [-0.15, -0.1) is 0 Å². The number of piperazine rings is 1. The quantitative estimate of drug-likeness (QED) is 0.603. The summed E-state index contributed by atoms with van der Waals surface area (Å²) in [7, 11) is 0. The van der Waals surface area contributed by atoms with Crippen LogP contribution in [-0.4, -0.2) is 25.2 Å². The van der Waals surface area contributed by atoms with Crippen molar-refractivity contribution in [2.75, 3.05) is 13.1 Å². The minimum atomic E-state index is 0.586. The Morgan fingerprint density at radius 2 is 2.20 bits per heavy atom. The van der Waals surface area contributed by atoms with E-state index in [0.717, 1.165) is 13.1 Å². The first kappa shape index (κ1) is 8.02. The van der Waals surface area contributed by atoms with Crippen LogP contribution >= 0.6 is 0 Å². The van der Waals surface area contributed by atoms with Gasteiger partial charge in [0, 0.05) is 25.2 Å². The fourth-order valence-corrected chi connectivity index (χ4v) is 1.25. The molecule has 1 radical (unpaired) electrons. The minimum Gasteiger partial charge on any atom is -0.311 e. The first-order valence-corrected chi connectivity index (χ1v) is 4.26. The third-order valence-electron chi connectivity index (χ3n) is 2.19. The van der Waals surface area contributed by atoms with Gasteiger partial charge in [0.15, 0.2) is 0 Å². The van der Waals surface area contributed by atoms with Gasteiger partial charge >= 0.3 is 0 Å². The lowest BCUT2D eigenvalue weighted by Crippen LogP contribution is -2.50. The summed E-state index contributed by atoms with van der Waals surface area (Å²) in [4.78, 5) is 0. The summed E-state index contributed by atoms with van der Waals surface area (Å²) in [5.41, 5.74) is 0. The summed E-state index contributed by atoms with van der Waals surface area (Å²) in [5.74, 6) is 0. The van der Waals surface area contributed by atoms with E-state index in [-0.39, 0.29) is 0 Å². The molecule has 10 heavy (non-hydrogen) atoms. The van der Waals surface area contributed by atoms with Crippen LogP contribution in [0, 0.1) is 0 Å². The molecule has 0 bridgehead atoms. The molecule has 0 amide bonds. The third-order valence-corrected chi connectivity index (χ3v) is 2.19. The highest BCUT2D eigenvalue weighted by atomic mass is 15.1. The molecule has 2 unspecified atom stereocenters. The van der Waals surface area contributed by atoms with E-state index < -0.39 is 0 Å². The van der Waals surface area contributed by atoms with Gasteiger partial charge in [-0.3, -0.25) is 0 Å². The van der Waals surface area contributed by atoms with Crippen LogP contribution in [-0.2, 0) is 0 Å². The normalized spacial score (nSPS) is 34.2. The number of hydrogen-bond donors (Lipinski definition) is 1. The Bertz CT molecular complexity index is 73.3. The number of rotatable bonds is 2. The molecule has 2 heteroatoms. The largest absolute Gasteiger partial charge is 0.311 e. The van der Waals surface area contributed by atoms with Gasteiger partial charge in [-0.1, -0.05) is 13.8 Å². The van der Waals surface area contributed by atoms with Gasteiger partial charge in [-0.2, -0.15) is 0 Å². The van der Waals surface area contributed by atoms with E-state index in [1.165, 1.54) is 12.8 Å². The molecule has 0 spiro atoms. The first-order valence-electron chi connectivity index (χ1n) is 4.26. The van der Waals surface area contributed by atoms with Crippen LogP contribution in [0.1, 0.15) is 26.7 Å². The van der Waals surface area contributed by atoms with Crippen molar-refractivity contribution < 1.29 is 0 Å². The lowest BCUT2D eigenvalue weighted by Gasteiger charge is -2.28. The molecule has 1 aliphatic rings. The van der Waals surface area contributed by atoms with E-state index in [9.17, 15) is 0 Å².